The third-order valence-corrected chi connectivity index (χ3v) is 2.95. The number of epoxide rings is 1. The molecule has 4 heteroatoms. The van der Waals surface area contributed by atoms with Crippen LogP contribution >= 0.6 is 11.6 Å². The predicted molar refractivity (Wildman–Crippen MR) is 68.7 cm³/mol. The van der Waals surface area contributed by atoms with Gasteiger partial charge >= 0.3 is 0 Å². The zero-order chi connectivity index (χ0) is 12.4. The Hall–Kier alpha value is -1.58. The quantitative estimate of drug-likeness (QED) is 0.792. The maximum atomic E-state index is 5.93. The van der Waals surface area contributed by atoms with Crippen molar-refractivity contribution in [1.82, 2.24) is 4.98 Å². The van der Waals surface area contributed by atoms with Crippen LogP contribution in [0.25, 0.3) is 0 Å². The summed E-state index contributed by atoms with van der Waals surface area (Å²) in [6.07, 6.45) is 1.68. The lowest BCUT2D eigenvalue weighted by Gasteiger charge is -2.09. The molecule has 1 atom stereocenters. The Morgan fingerprint density at radius 3 is 2.83 bits per heavy atom. The summed E-state index contributed by atoms with van der Waals surface area (Å²) in [7, 11) is 0. The Bertz CT molecular complexity index is 541. The van der Waals surface area contributed by atoms with Gasteiger partial charge in [0.05, 0.1) is 11.6 Å². The summed E-state index contributed by atoms with van der Waals surface area (Å²) in [5.74, 6) is 0.603. The fourth-order valence-electron chi connectivity index (χ4n) is 1.75. The van der Waals surface area contributed by atoms with Gasteiger partial charge < -0.3 is 9.47 Å². The summed E-state index contributed by atoms with van der Waals surface area (Å²) in [4.78, 5) is 4.22. The minimum atomic E-state index is 0.0852. The molecular weight excluding hydrogens is 250 g/mol. The average molecular weight is 262 g/mol. The molecule has 1 aliphatic rings. The first kappa shape index (κ1) is 11.5. The number of hydrogen-bond acceptors (Lipinski definition) is 3. The monoisotopic (exact) mass is 261 g/mol. The zero-order valence-electron chi connectivity index (χ0n) is 9.67. The summed E-state index contributed by atoms with van der Waals surface area (Å²) >= 11 is 5.93. The van der Waals surface area contributed by atoms with E-state index in [1.807, 2.05) is 36.4 Å². The topological polar surface area (TPSA) is 34.6 Å². The van der Waals surface area contributed by atoms with Crippen molar-refractivity contribution in [3.05, 3.63) is 58.7 Å². The van der Waals surface area contributed by atoms with E-state index < -0.39 is 0 Å². The highest BCUT2D eigenvalue weighted by Gasteiger charge is 2.29. The van der Waals surface area contributed by atoms with Crippen molar-refractivity contribution in [3.63, 3.8) is 0 Å². The molecule has 18 heavy (non-hydrogen) atoms. The van der Waals surface area contributed by atoms with E-state index in [-0.39, 0.29) is 6.10 Å². The molecule has 3 rings (SSSR count). The van der Waals surface area contributed by atoms with Crippen LogP contribution in [0.15, 0.2) is 42.6 Å². The van der Waals surface area contributed by atoms with E-state index in [2.05, 4.69) is 4.98 Å². The minimum Gasteiger partial charge on any atom is -0.473 e. The maximum Gasteiger partial charge on any atom is 0.219 e. The van der Waals surface area contributed by atoms with Gasteiger partial charge in [-0.2, -0.15) is 0 Å². The van der Waals surface area contributed by atoms with E-state index in [1.165, 1.54) is 0 Å². The highest BCUT2D eigenvalue weighted by Crippen LogP contribution is 2.36. The van der Waals surface area contributed by atoms with Gasteiger partial charge in [-0.15, -0.1) is 0 Å². The van der Waals surface area contributed by atoms with Gasteiger partial charge in [-0.25, -0.2) is 4.98 Å². The molecule has 1 aliphatic heterocycles. The molecular formula is C14H12ClNO2. The van der Waals surface area contributed by atoms with Gasteiger partial charge in [0.2, 0.25) is 5.88 Å². The molecule has 2 aromatic rings. The minimum absolute atomic E-state index is 0.0852. The van der Waals surface area contributed by atoms with E-state index >= 15 is 0 Å². The summed E-state index contributed by atoms with van der Waals surface area (Å²) < 4.78 is 11.0. The van der Waals surface area contributed by atoms with Gasteiger partial charge in [0.15, 0.2) is 0 Å². The van der Waals surface area contributed by atoms with Crippen molar-refractivity contribution >= 4 is 11.6 Å². The van der Waals surface area contributed by atoms with Crippen molar-refractivity contribution in [2.75, 3.05) is 6.61 Å². The lowest BCUT2D eigenvalue weighted by Crippen LogP contribution is -2.00. The number of nitrogens with zero attached hydrogens (tertiary/aromatic N) is 1. The van der Waals surface area contributed by atoms with Crippen LogP contribution in [0.1, 0.15) is 17.2 Å². The van der Waals surface area contributed by atoms with E-state index in [9.17, 15) is 0 Å². The van der Waals surface area contributed by atoms with Crippen molar-refractivity contribution in [1.29, 1.82) is 0 Å². The standard InChI is InChI=1S/C14H12ClNO2/c15-11-6-12(13-9-17-13)14(16-7-11)18-8-10-4-2-1-3-5-10/h1-7,13H,8-9H2. The van der Waals surface area contributed by atoms with E-state index in [0.29, 0.717) is 24.1 Å². The number of rotatable bonds is 4. The van der Waals surface area contributed by atoms with Gasteiger partial charge in [-0.05, 0) is 11.6 Å². The molecule has 2 heterocycles. The number of aromatic nitrogens is 1. The van der Waals surface area contributed by atoms with E-state index in [0.717, 1.165) is 11.1 Å². The Labute approximate surface area is 110 Å². The normalized spacial score (nSPS) is 17.5. The van der Waals surface area contributed by atoms with Crippen molar-refractivity contribution < 1.29 is 9.47 Å². The zero-order valence-corrected chi connectivity index (χ0v) is 10.4. The SMILES string of the molecule is Clc1cnc(OCc2ccccc2)c(C2CO2)c1. The molecule has 0 aliphatic carbocycles. The molecule has 3 nitrogen and oxygen atoms in total. The Morgan fingerprint density at radius 2 is 2.11 bits per heavy atom. The first-order valence-corrected chi connectivity index (χ1v) is 6.14. The van der Waals surface area contributed by atoms with Crippen LogP contribution in [0.3, 0.4) is 0 Å². The van der Waals surface area contributed by atoms with Gasteiger partial charge in [-0.1, -0.05) is 41.9 Å². The summed E-state index contributed by atoms with van der Waals surface area (Å²) in [6.45, 7) is 1.21. The first-order valence-electron chi connectivity index (χ1n) is 5.77. The summed E-state index contributed by atoms with van der Waals surface area (Å²) in [5.41, 5.74) is 2.04. The smallest absolute Gasteiger partial charge is 0.219 e. The first-order chi connectivity index (χ1) is 8.83. The fraction of sp³-hybridized carbons (Fsp3) is 0.214. The van der Waals surface area contributed by atoms with Crippen LogP contribution in [0.4, 0.5) is 0 Å². The summed E-state index contributed by atoms with van der Waals surface area (Å²) in [6, 6.07) is 11.8. The second kappa shape index (κ2) is 4.96. The molecule has 0 saturated carbocycles. The van der Waals surface area contributed by atoms with E-state index in [4.69, 9.17) is 21.1 Å². The van der Waals surface area contributed by atoms with Crippen LogP contribution in [-0.2, 0) is 11.3 Å². The van der Waals surface area contributed by atoms with Crippen molar-refractivity contribution in [2.24, 2.45) is 0 Å². The Balaban J connectivity index is 1.76. The maximum absolute atomic E-state index is 5.93. The molecule has 0 amide bonds. The predicted octanol–water partition coefficient (Wildman–Crippen LogP) is 3.39. The Kier molecular flexibility index (Phi) is 3.17. The molecule has 0 bridgehead atoms. The van der Waals surface area contributed by atoms with Crippen LogP contribution < -0.4 is 4.74 Å². The third kappa shape index (κ3) is 2.63. The van der Waals surface area contributed by atoms with Crippen molar-refractivity contribution in [3.8, 4) is 5.88 Å². The number of ether oxygens (including phenoxy) is 2. The van der Waals surface area contributed by atoms with E-state index in [1.54, 1.807) is 6.20 Å². The van der Waals surface area contributed by atoms with Gasteiger partial charge in [-0.3, -0.25) is 0 Å². The molecule has 1 unspecified atom stereocenters. The van der Waals surface area contributed by atoms with Crippen molar-refractivity contribution in [2.45, 2.75) is 12.7 Å². The largest absolute Gasteiger partial charge is 0.473 e. The van der Waals surface area contributed by atoms with Gasteiger partial charge in [0.1, 0.15) is 12.7 Å². The molecule has 0 radical (unpaired) electrons. The lowest BCUT2D eigenvalue weighted by molar-refractivity contribution is 0.286. The molecule has 0 N–H and O–H groups in total. The number of benzene rings is 1. The molecule has 92 valence electrons. The lowest BCUT2D eigenvalue weighted by atomic mass is 10.2. The third-order valence-electron chi connectivity index (χ3n) is 2.74. The number of hydrogen-bond donors (Lipinski definition) is 0. The summed E-state index contributed by atoms with van der Waals surface area (Å²) in [5, 5.41) is 0.604. The molecule has 1 aromatic carbocycles. The molecule has 1 saturated heterocycles. The molecule has 1 aromatic heterocycles. The second-order valence-corrected chi connectivity index (χ2v) is 4.58. The highest BCUT2D eigenvalue weighted by molar-refractivity contribution is 6.30. The van der Waals surface area contributed by atoms with Crippen LogP contribution in [0, 0.1) is 0 Å². The second-order valence-electron chi connectivity index (χ2n) is 4.14. The number of halogens is 1. The fourth-order valence-corrected chi connectivity index (χ4v) is 1.91. The molecule has 0 spiro atoms. The highest BCUT2D eigenvalue weighted by atomic mass is 35.5. The van der Waals surface area contributed by atoms with Crippen LogP contribution in [-0.4, -0.2) is 11.6 Å². The van der Waals surface area contributed by atoms with Gasteiger partial charge in [0, 0.05) is 11.8 Å². The van der Waals surface area contributed by atoms with Gasteiger partial charge in [0.25, 0.3) is 0 Å². The Morgan fingerprint density at radius 1 is 1.33 bits per heavy atom. The van der Waals surface area contributed by atoms with Crippen LogP contribution in [0.2, 0.25) is 5.02 Å². The molecule has 1 fully saturated rings. The van der Waals surface area contributed by atoms with Crippen LogP contribution in [0.5, 0.6) is 5.88 Å². The average Bonchev–Trinajstić information content (AvgIpc) is 3.23. The number of pyridine rings is 1.